The molecule has 7 N–H and O–H groups in total. The summed E-state index contributed by atoms with van der Waals surface area (Å²) in [5.41, 5.74) is -3.33. The van der Waals surface area contributed by atoms with Crippen molar-refractivity contribution in [3.63, 3.8) is 0 Å². The van der Waals surface area contributed by atoms with E-state index in [1.165, 1.54) is 0 Å². The number of aromatic nitrogens is 4. The Hall–Kier alpha value is -2.77. The third-order valence-corrected chi connectivity index (χ3v) is 6.72. The highest BCUT2D eigenvalue weighted by Gasteiger charge is 2.50. The number of aromatic amines is 2. The number of phosphoric ester groups is 1. The molecule has 0 spiro atoms. The van der Waals surface area contributed by atoms with Crippen LogP contribution in [0.25, 0.3) is 0 Å². The van der Waals surface area contributed by atoms with Gasteiger partial charge in [-0.25, -0.2) is 14.2 Å². The maximum Gasteiger partial charge on any atom is 0.472 e. The second kappa shape index (κ2) is 10.5. The van der Waals surface area contributed by atoms with Crippen molar-refractivity contribution in [3.8, 4) is 0 Å². The van der Waals surface area contributed by atoms with Gasteiger partial charge in [-0.05, 0) is 0 Å². The molecule has 18 nitrogen and oxygen atoms in total. The molecule has 2 fully saturated rings. The second-order valence-corrected chi connectivity index (χ2v) is 9.56. The van der Waals surface area contributed by atoms with E-state index in [-0.39, 0.29) is 0 Å². The lowest BCUT2D eigenvalue weighted by Gasteiger charge is -2.23. The molecule has 2 aliphatic heterocycles. The number of aliphatic hydroxyl groups is 4. The predicted molar refractivity (Wildman–Crippen MR) is 116 cm³/mol. The van der Waals surface area contributed by atoms with E-state index in [9.17, 15) is 49.1 Å². The first-order valence-electron chi connectivity index (χ1n) is 10.7. The van der Waals surface area contributed by atoms with E-state index >= 15 is 0 Å². The Labute approximate surface area is 204 Å². The zero-order valence-electron chi connectivity index (χ0n) is 18.6. The number of nitrogens with zero attached hydrogens (tertiary/aromatic N) is 2. The number of phosphoric acid groups is 1. The molecule has 4 rings (SSSR count). The number of nitrogens with one attached hydrogen (secondary N) is 2. The molecule has 37 heavy (non-hydrogen) atoms. The zero-order chi connectivity index (χ0) is 27.1. The van der Waals surface area contributed by atoms with Gasteiger partial charge in [-0.1, -0.05) is 0 Å². The zero-order valence-corrected chi connectivity index (χ0v) is 19.5. The monoisotopic (exact) mass is 550 g/mol. The van der Waals surface area contributed by atoms with E-state index in [4.69, 9.17) is 18.5 Å². The van der Waals surface area contributed by atoms with Gasteiger partial charge in [0, 0.05) is 24.5 Å². The van der Waals surface area contributed by atoms with E-state index in [2.05, 4.69) is 0 Å². The molecular formula is C18H23N4O14P. The van der Waals surface area contributed by atoms with Crippen molar-refractivity contribution < 1.29 is 48.4 Å². The van der Waals surface area contributed by atoms with Crippen molar-refractivity contribution in [1.82, 2.24) is 19.1 Å². The average Bonchev–Trinajstić information content (AvgIpc) is 3.28. The number of aliphatic hydroxyl groups excluding tert-OH is 4. The summed E-state index contributed by atoms with van der Waals surface area (Å²) in [4.78, 5) is 60.5. The van der Waals surface area contributed by atoms with Crippen LogP contribution >= 0.6 is 7.82 Å². The van der Waals surface area contributed by atoms with Crippen molar-refractivity contribution in [2.75, 3.05) is 13.2 Å². The molecule has 204 valence electrons. The number of hydrogen-bond acceptors (Lipinski definition) is 13. The molecule has 2 saturated heterocycles. The number of H-pyrrole nitrogens is 2. The maximum absolute atomic E-state index is 12.6. The lowest BCUT2D eigenvalue weighted by Crippen LogP contribution is -2.39. The van der Waals surface area contributed by atoms with E-state index in [0.29, 0.717) is 0 Å². The second-order valence-electron chi connectivity index (χ2n) is 8.15. The lowest BCUT2D eigenvalue weighted by molar-refractivity contribution is -0.0615. The standard InChI is InChI=1S/C18H23N4O14P/c23-5-7-14(13(28)16(34-7)22-4-2-10(25)20-18(22)30)36-37(31,32)33-6-8-11(26)12(27)15(35-8)21-3-1-9(24)19-17(21)29/h1-4,7-8,11-16,23,26-28H,5-6H2,(H,31,32)(H,19,24,29)(H,20,25,30)/t7-,8+,11-,12+,13+,14+,15+,16-/m0/s1. The van der Waals surface area contributed by atoms with Crippen LogP contribution in [-0.2, 0) is 23.1 Å². The van der Waals surface area contributed by atoms with Gasteiger partial charge in [0.15, 0.2) is 12.5 Å². The van der Waals surface area contributed by atoms with Crippen molar-refractivity contribution in [1.29, 1.82) is 0 Å². The summed E-state index contributed by atoms with van der Waals surface area (Å²) in [5.74, 6) is 0. The smallest absolute Gasteiger partial charge is 0.394 e. The Kier molecular flexibility index (Phi) is 7.77. The van der Waals surface area contributed by atoms with Gasteiger partial charge < -0.3 is 34.8 Å². The van der Waals surface area contributed by atoms with Crippen LogP contribution in [0.5, 0.6) is 0 Å². The van der Waals surface area contributed by atoms with Gasteiger partial charge >= 0.3 is 19.2 Å². The Morgan fingerprint density at radius 3 is 1.89 bits per heavy atom. The third-order valence-electron chi connectivity index (χ3n) is 5.73. The van der Waals surface area contributed by atoms with Crippen molar-refractivity contribution in [2.45, 2.75) is 49.1 Å². The van der Waals surface area contributed by atoms with Gasteiger partial charge in [0.25, 0.3) is 11.1 Å². The molecule has 4 heterocycles. The fraction of sp³-hybridized carbons (Fsp3) is 0.556. The molecule has 19 heteroatoms. The number of hydrogen-bond donors (Lipinski definition) is 7. The summed E-state index contributed by atoms with van der Waals surface area (Å²) in [6.45, 7) is -1.64. The molecule has 2 aromatic heterocycles. The van der Waals surface area contributed by atoms with Crippen LogP contribution in [0.15, 0.2) is 43.7 Å². The SMILES string of the molecule is O=c1ccn([C@@H]2O[C@H](COP(=O)(O)O[C@H]3[C@@H](O)[C@@H](n4ccc(=O)[nH]c4=O)O[C@H]3CO)[C@H](O)[C@H]2O)c(=O)[nH]1. The highest BCUT2D eigenvalue weighted by Crippen LogP contribution is 2.49. The van der Waals surface area contributed by atoms with Crippen molar-refractivity contribution in [3.05, 3.63) is 66.2 Å². The van der Waals surface area contributed by atoms with Crippen LogP contribution in [-0.4, -0.2) is 94.3 Å². The van der Waals surface area contributed by atoms with Gasteiger partial charge in [0.1, 0.15) is 36.6 Å². The van der Waals surface area contributed by atoms with Crippen molar-refractivity contribution in [2.24, 2.45) is 0 Å². The van der Waals surface area contributed by atoms with Gasteiger partial charge in [-0.15, -0.1) is 0 Å². The number of ether oxygens (including phenoxy) is 2. The van der Waals surface area contributed by atoms with Gasteiger partial charge in [0.2, 0.25) is 0 Å². The quantitative estimate of drug-likeness (QED) is 0.153. The average molecular weight is 550 g/mol. The lowest BCUT2D eigenvalue weighted by atomic mass is 10.1. The van der Waals surface area contributed by atoms with Gasteiger partial charge in [0.05, 0.1) is 13.2 Å². The summed E-state index contributed by atoms with van der Waals surface area (Å²) in [7, 11) is -5.06. The largest absolute Gasteiger partial charge is 0.472 e. The molecule has 2 aliphatic rings. The molecular weight excluding hydrogens is 527 g/mol. The van der Waals surface area contributed by atoms with Crippen LogP contribution in [0.2, 0.25) is 0 Å². The molecule has 1 unspecified atom stereocenters. The Bertz CT molecular complexity index is 1400. The van der Waals surface area contributed by atoms with Crippen LogP contribution < -0.4 is 22.5 Å². The molecule has 0 aliphatic carbocycles. The topological polar surface area (TPSA) is 265 Å². The summed E-state index contributed by atoms with van der Waals surface area (Å²) >= 11 is 0. The molecule has 9 atom stereocenters. The first-order valence-corrected chi connectivity index (χ1v) is 12.2. The predicted octanol–water partition coefficient (Wildman–Crippen LogP) is -4.54. The molecule has 0 aromatic carbocycles. The van der Waals surface area contributed by atoms with E-state index in [0.717, 1.165) is 33.7 Å². The summed E-state index contributed by atoms with van der Waals surface area (Å²) < 4.78 is 34.7. The first-order chi connectivity index (χ1) is 17.4. The third kappa shape index (κ3) is 5.58. The van der Waals surface area contributed by atoms with Gasteiger partial charge in [-0.2, -0.15) is 0 Å². The fourth-order valence-electron chi connectivity index (χ4n) is 3.93. The minimum Gasteiger partial charge on any atom is -0.394 e. The van der Waals surface area contributed by atoms with Crippen LogP contribution in [0.4, 0.5) is 0 Å². The highest BCUT2D eigenvalue weighted by atomic mass is 31.2. The minimum atomic E-state index is -5.06. The van der Waals surface area contributed by atoms with Crippen LogP contribution in [0, 0.1) is 0 Å². The highest BCUT2D eigenvalue weighted by molar-refractivity contribution is 7.47. The van der Waals surface area contributed by atoms with E-state index in [1.54, 1.807) is 0 Å². The normalized spacial score (nSPS) is 33.4. The Balaban J connectivity index is 1.43. The fourth-order valence-corrected chi connectivity index (χ4v) is 4.89. The Morgan fingerprint density at radius 2 is 1.38 bits per heavy atom. The molecule has 0 amide bonds. The summed E-state index contributed by atoms with van der Waals surface area (Å²) in [6.07, 6.45) is -10.6. The van der Waals surface area contributed by atoms with Crippen LogP contribution in [0.1, 0.15) is 12.5 Å². The van der Waals surface area contributed by atoms with Crippen molar-refractivity contribution >= 4 is 7.82 Å². The molecule has 0 bridgehead atoms. The molecule has 0 saturated carbocycles. The maximum atomic E-state index is 12.6. The first kappa shape index (κ1) is 27.3. The van der Waals surface area contributed by atoms with E-state index in [1.807, 2.05) is 9.97 Å². The number of rotatable bonds is 8. The summed E-state index contributed by atoms with van der Waals surface area (Å²) in [6, 6.07) is 1.94. The van der Waals surface area contributed by atoms with Gasteiger partial charge in [-0.3, -0.25) is 37.7 Å². The Morgan fingerprint density at radius 1 is 0.865 bits per heavy atom. The van der Waals surface area contributed by atoms with Crippen LogP contribution in [0.3, 0.4) is 0 Å². The van der Waals surface area contributed by atoms with E-state index < -0.39 is 92.6 Å². The molecule has 2 aromatic rings. The summed E-state index contributed by atoms with van der Waals surface area (Å²) in [5, 5.41) is 40.6. The minimum absolute atomic E-state index is 0.709. The molecule has 0 radical (unpaired) electrons.